The van der Waals surface area contributed by atoms with Gasteiger partial charge in [0, 0.05) is 42.3 Å². The van der Waals surface area contributed by atoms with Gasteiger partial charge in [0.1, 0.15) is 0 Å². The molecule has 1 amide bonds. The van der Waals surface area contributed by atoms with E-state index < -0.39 is 10.0 Å². The van der Waals surface area contributed by atoms with Crippen LogP contribution in [0.5, 0.6) is 0 Å². The van der Waals surface area contributed by atoms with Crippen LogP contribution < -0.4 is 0 Å². The highest BCUT2D eigenvalue weighted by atomic mass is 32.2. The Bertz CT molecular complexity index is 1360. The van der Waals surface area contributed by atoms with Crippen LogP contribution in [0.3, 0.4) is 0 Å². The zero-order valence-electron chi connectivity index (χ0n) is 18.2. The molecule has 4 rings (SSSR count). The Kier molecular flexibility index (Phi) is 5.71. The van der Waals surface area contributed by atoms with Crippen LogP contribution in [0.1, 0.15) is 34.1 Å². The second-order valence-corrected chi connectivity index (χ2v) is 10.1. The molecule has 1 aliphatic rings. The van der Waals surface area contributed by atoms with Gasteiger partial charge in [-0.3, -0.25) is 9.78 Å². The molecule has 0 spiro atoms. The highest BCUT2D eigenvalue weighted by Gasteiger charge is 2.35. The molecule has 1 aliphatic heterocycles. The number of carbonyl (C=O) groups is 1. The van der Waals surface area contributed by atoms with Crippen molar-refractivity contribution in [2.45, 2.75) is 31.7 Å². The lowest BCUT2D eigenvalue weighted by Crippen LogP contribution is -2.55. The van der Waals surface area contributed by atoms with Crippen LogP contribution in [-0.2, 0) is 10.0 Å². The minimum atomic E-state index is -3.72. The fraction of sp³-hybridized carbons (Fsp3) is 0.292. The summed E-state index contributed by atoms with van der Waals surface area (Å²) in [6, 6.07) is 15.7. The van der Waals surface area contributed by atoms with E-state index in [-0.39, 0.29) is 29.9 Å². The van der Waals surface area contributed by atoms with Gasteiger partial charge in [-0.1, -0.05) is 12.1 Å². The predicted octanol–water partition coefficient (Wildman–Crippen LogP) is 3.26. The topological polar surface area (TPSA) is 94.4 Å². The van der Waals surface area contributed by atoms with Crippen molar-refractivity contribution in [1.29, 1.82) is 5.26 Å². The quantitative estimate of drug-likeness (QED) is 0.613. The van der Waals surface area contributed by atoms with Gasteiger partial charge in [0.2, 0.25) is 10.0 Å². The average Bonchev–Trinajstić information content (AvgIpc) is 2.77. The molecule has 164 valence electrons. The fourth-order valence-corrected chi connectivity index (χ4v) is 5.83. The summed E-state index contributed by atoms with van der Waals surface area (Å²) in [5, 5.41) is 10.0. The van der Waals surface area contributed by atoms with Gasteiger partial charge in [-0.15, -0.1) is 0 Å². The molecule has 0 unspecified atom stereocenters. The number of sulfonamides is 1. The van der Waals surface area contributed by atoms with Gasteiger partial charge in [-0.2, -0.15) is 9.57 Å². The highest BCUT2D eigenvalue weighted by molar-refractivity contribution is 7.89. The maximum absolute atomic E-state index is 13.2. The number of amides is 1. The number of pyridine rings is 1. The van der Waals surface area contributed by atoms with Gasteiger partial charge < -0.3 is 4.90 Å². The van der Waals surface area contributed by atoms with Crippen molar-refractivity contribution in [2.75, 3.05) is 19.6 Å². The first kappa shape index (κ1) is 21.9. The predicted molar refractivity (Wildman–Crippen MR) is 122 cm³/mol. The van der Waals surface area contributed by atoms with E-state index in [1.165, 1.54) is 16.4 Å². The first-order valence-corrected chi connectivity index (χ1v) is 11.8. The third-order valence-electron chi connectivity index (χ3n) is 5.85. The maximum atomic E-state index is 13.2. The van der Waals surface area contributed by atoms with Crippen LogP contribution in [0.25, 0.3) is 10.9 Å². The Morgan fingerprint density at radius 2 is 1.84 bits per heavy atom. The monoisotopic (exact) mass is 448 g/mol. The van der Waals surface area contributed by atoms with E-state index in [9.17, 15) is 13.2 Å². The number of hydrogen-bond acceptors (Lipinski definition) is 5. The number of carbonyl (C=O) groups excluding carboxylic acids is 1. The second-order valence-electron chi connectivity index (χ2n) is 8.16. The van der Waals surface area contributed by atoms with E-state index in [4.69, 9.17) is 5.26 Å². The third-order valence-corrected chi connectivity index (χ3v) is 7.88. The molecule has 0 radical (unpaired) electrons. The van der Waals surface area contributed by atoms with Gasteiger partial charge in [0.05, 0.1) is 22.0 Å². The molecule has 0 saturated carbocycles. The number of hydrogen-bond donors (Lipinski definition) is 0. The van der Waals surface area contributed by atoms with Crippen LogP contribution in [0.15, 0.2) is 53.4 Å². The molecule has 3 aromatic rings. The maximum Gasteiger partial charge on any atom is 0.254 e. The molecule has 0 aliphatic carbocycles. The number of aryl methyl sites for hydroxylation is 2. The van der Waals surface area contributed by atoms with Crippen molar-refractivity contribution in [2.24, 2.45) is 0 Å². The Morgan fingerprint density at radius 1 is 1.09 bits per heavy atom. The lowest BCUT2D eigenvalue weighted by Gasteiger charge is -2.39. The van der Waals surface area contributed by atoms with Crippen LogP contribution in [-0.4, -0.2) is 54.2 Å². The molecule has 1 aromatic heterocycles. The molecular weight excluding hydrogens is 424 g/mol. The average molecular weight is 449 g/mol. The lowest BCUT2D eigenvalue weighted by molar-refractivity contribution is 0.0591. The number of benzene rings is 2. The summed E-state index contributed by atoms with van der Waals surface area (Å²) < 4.78 is 27.8. The smallest absolute Gasteiger partial charge is 0.254 e. The van der Waals surface area contributed by atoms with Gasteiger partial charge in [-0.05, 0) is 62.7 Å². The summed E-state index contributed by atoms with van der Waals surface area (Å²) in [5.41, 5.74) is 3.15. The number of piperazine rings is 1. The molecule has 2 aromatic carbocycles. The van der Waals surface area contributed by atoms with E-state index in [1.54, 1.807) is 30.0 Å². The van der Waals surface area contributed by atoms with Crippen LogP contribution in [0, 0.1) is 25.2 Å². The van der Waals surface area contributed by atoms with Crippen LogP contribution >= 0.6 is 0 Å². The molecule has 8 heteroatoms. The molecular formula is C24H24N4O3S. The molecule has 1 atom stereocenters. The summed E-state index contributed by atoms with van der Waals surface area (Å²) in [4.78, 5) is 19.6. The summed E-state index contributed by atoms with van der Waals surface area (Å²) >= 11 is 0. The standard InChI is InChI=1S/C24H24N4O3S/c1-16-12-19(14-25)5-9-23(16)32(30,31)27-10-11-28(18(3)15-27)24(29)21-8-7-20-6-4-17(2)26-22(20)13-21/h4-9,12-13,18H,10-11,15H2,1-3H3/t18-/m0/s1. The summed E-state index contributed by atoms with van der Waals surface area (Å²) in [7, 11) is -3.72. The van der Waals surface area contributed by atoms with Gasteiger partial charge in [0.15, 0.2) is 0 Å². The third kappa shape index (κ3) is 3.97. The summed E-state index contributed by atoms with van der Waals surface area (Å²) in [6.07, 6.45) is 0. The summed E-state index contributed by atoms with van der Waals surface area (Å²) in [5.74, 6) is -0.130. The van der Waals surface area contributed by atoms with Crippen molar-refractivity contribution in [1.82, 2.24) is 14.2 Å². The Morgan fingerprint density at radius 3 is 2.53 bits per heavy atom. The van der Waals surface area contributed by atoms with Crippen molar-refractivity contribution in [3.63, 3.8) is 0 Å². The van der Waals surface area contributed by atoms with E-state index in [0.717, 1.165) is 16.6 Å². The first-order valence-electron chi connectivity index (χ1n) is 10.4. The molecule has 0 bridgehead atoms. The van der Waals surface area contributed by atoms with Crippen molar-refractivity contribution >= 4 is 26.8 Å². The molecule has 0 N–H and O–H groups in total. The van der Waals surface area contributed by atoms with Crippen molar-refractivity contribution in [3.05, 3.63) is 70.9 Å². The minimum absolute atomic E-state index is 0.130. The Balaban J connectivity index is 1.54. The number of rotatable bonds is 3. The van der Waals surface area contributed by atoms with E-state index >= 15 is 0 Å². The highest BCUT2D eigenvalue weighted by Crippen LogP contribution is 2.25. The van der Waals surface area contributed by atoms with E-state index in [1.807, 2.05) is 38.1 Å². The van der Waals surface area contributed by atoms with Crippen molar-refractivity contribution in [3.8, 4) is 6.07 Å². The SMILES string of the molecule is Cc1ccc2ccc(C(=O)N3CCN(S(=O)(=O)c4ccc(C#N)cc4C)C[C@@H]3C)cc2n1. The molecule has 2 heterocycles. The first-order chi connectivity index (χ1) is 15.2. The zero-order valence-corrected chi connectivity index (χ0v) is 19.1. The summed E-state index contributed by atoms with van der Waals surface area (Å²) in [6.45, 7) is 6.17. The molecule has 7 nitrogen and oxygen atoms in total. The largest absolute Gasteiger partial charge is 0.333 e. The van der Waals surface area contributed by atoms with Crippen molar-refractivity contribution < 1.29 is 13.2 Å². The lowest BCUT2D eigenvalue weighted by atomic mass is 10.1. The van der Waals surface area contributed by atoms with E-state index in [0.29, 0.717) is 23.2 Å². The molecule has 32 heavy (non-hydrogen) atoms. The fourth-order valence-electron chi connectivity index (χ4n) is 4.11. The van der Waals surface area contributed by atoms with E-state index in [2.05, 4.69) is 4.98 Å². The Hall–Kier alpha value is -3.28. The number of aromatic nitrogens is 1. The normalized spacial score (nSPS) is 17.3. The van der Waals surface area contributed by atoms with Gasteiger partial charge >= 0.3 is 0 Å². The number of nitriles is 1. The van der Waals surface area contributed by atoms with Gasteiger partial charge in [-0.25, -0.2) is 8.42 Å². The second kappa shape index (κ2) is 8.34. The van der Waals surface area contributed by atoms with Crippen LogP contribution in [0.4, 0.5) is 0 Å². The Labute approximate surface area is 188 Å². The molecule has 1 saturated heterocycles. The van der Waals surface area contributed by atoms with Gasteiger partial charge in [0.25, 0.3) is 5.91 Å². The zero-order chi connectivity index (χ0) is 23.0. The number of fused-ring (bicyclic) bond motifs is 1. The molecule has 1 fully saturated rings. The van der Waals surface area contributed by atoms with Crippen LogP contribution in [0.2, 0.25) is 0 Å². The number of nitrogens with zero attached hydrogens (tertiary/aromatic N) is 4. The minimum Gasteiger partial charge on any atom is -0.333 e.